The molecular formula is C9H12Br2O. The molecule has 0 aromatic heterocycles. The van der Waals surface area contributed by atoms with Gasteiger partial charge in [-0.1, -0.05) is 44.7 Å². The highest BCUT2D eigenvalue weighted by Gasteiger charge is 2.64. The molecule has 0 bridgehead atoms. The number of fused-ring (bicyclic) bond motifs is 1. The van der Waals surface area contributed by atoms with Crippen molar-refractivity contribution in [1.82, 2.24) is 0 Å². The van der Waals surface area contributed by atoms with Crippen LogP contribution in [0.5, 0.6) is 0 Å². The van der Waals surface area contributed by atoms with Crippen molar-refractivity contribution in [1.29, 1.82) is 0 Å². The third kappa shape index (κ3) is 1.39. The van der Waals surface area contributed by atoms with E-state index in [0.29, 0.717) is 11.7 Å². The molecule has 3 heteroatoms. The Bertz CT molecular complexity index is 213. The number of rotatable bonds is 0. The largest absolute Gasteiger partial charge is 0.299 e. The third-order valence-corrected chi connectivity index (χ3v) is 5.15. The maximum atomic E-state index is 11.6. The third-order valence-electron chi connectivity index (χ3n) is 2.99. The number of halogens is 2. The van der Waals surface area contributed by atoms with Gasteiger partial charge in [-0.2, -0.15) is 0 Å². The second-order valence-corrected chi connectivity index (χ2v) is 7.51. The summed E-state index contributed by atoms with van der Waals surface area (Å²) >= 11 is 7.17. The summed E-state index contributed by atoms with van der Waals surface area (Å²) in [6, 6.07) is 0. The summed E-state index contributed by atoms with van der Waals surface area (Å²) < 4.78 is -0.0264. The van der Waals surface area contributed by atoms with Gasteiger partial charge in [0.25, 0.3) is 0 Å². The van der Waals surface area contributed by atoms with Crippen LogP contribution in [-0.2, 0) is 4.79 Å². The lowest BCUT2D eigenvalue weighted by molar-refractivity contribution is -0.120. The fourth-order valence-electron chi connectivity index (χ4n) is 2.18. The van der Waals surface area contributed by atoms with Crippen LogP contribution in [0.2, 0.25) is 0 Å². The topological polar surface area (TPSA) is 17.1 Å². The Hall–Kier alpha value is 0.630. The van der Waals surface area contributed by atoms with Crippen molar-refractivity contribution in [2.75, 3.05) is 0 Å². The smallest absolute Gasteiger partial charge is 0.138 e. The van der Waals surface area contributed by atoms with E-state index in [1.54, 1.807) is 0 Å². The van der Waals surface area contributed by atoms with Gasteiger partial charge in [-0.05, 0) is 18.8 Å². The van der Waals surface area contributed by atoms with Crippen LogP contribution in [0.3, 0.4) is 0 Å². The monoisotopic (exact) mass is 294 g/mol. The summed E-state index contributed by atoms with van der Waals surface area (Å²) in [5.74, 6) is 1.27. The molecule has 0 aromatic carbocycles. The highest BCUT2D eigenvalue weighted by molar-refractivity contribution is 9.25. The zero-order valence-electron chi connectivity index (χ0n) is 6.85. The summed E-state index contributed by atoms with van der Waals surface area (Å²) in [5.41, 5.74) is 0. The molecular weight excluding hydrogens is 284 g/mol. The molecule has 2 aliphatic carbocycles. The lowest BCUT2D eigenvalue weighted by Gasteiger charge is -2.04. The van der Waals surface area contributed by atoms with E-state index in [4.69, 9.17) is 0 Å². The van der Waals surface area contributed by atoms with Crippen LogP contribution >= 0.6 is 31.9 Å². The summed E-state index contributed by atoms with van der Waals surface area (Å²) in [5, 5.41) is 0. The predicted molar refractivity (Wildman–Crippen MR) is 55.7 cm³/mol. The first kappa shape index (κ1) is 9.20. The first-order valence-corrected chi connectivity index (χ1v) is 6.13. The number of hydrogen-bond donors (Lipinski definition) is 0. The van der Waals surface area contributed by atoms with E-state index in [9.17, 15) is 4.79 Å². The van der Waals surface area contributed by atoms with E-state index in [0.717, 1.165) is 12.8 Å². The van der Waals surface area contributed by atoms with Crippen molar-refractivity contribution < 1.29 is 4.79 Å². The van der Waals surface area contributed by atoms with Gasteiger partial charge in [0.2, 0.25) is 0 Å². The van der Waals surface area contributed by atoms with Crippen LogP contribution in [0.15, 0.2) is 0 Å². The molecule has 2 saturated carbocycles. The van der Waals surface area contributed by atoms with Gasteiger partial charge in [-0.25, -0.2) is 0 Å². The average molecular weight is 296 g/mol. The number of Topliss-reactive ketones (excluding diaryl/α,β-unsaturated/α-hetero) is 1. The van der Waals surface area contributed by atoms with E-state index >= 15 is 0 Å². The highest BCUT2D eigenvalue weighted by atomic mass is 79.9. The first-order chi connectivity index (χ1) is 5.64. The van der Waals surface area contributed by atoms with Crippen molar-refractivity contribution in [3.8, 4) is 0 Å². The van der Waals surface area contributed by atoms with E-state index in [1.807, 2.05) is 0 Å². The molecule has 68 valence electrons. The molecule has 0 aromatic rings. The number of carbonyl (C=O) groups excluding carboxylic acids is 1. The molecule has 0 saturated heterocycles. The second kappa shape index (κ2) is 3.09. The van der Waals surface area contributed by atoms with E-state index < -0.39 is 0 Å². The average Bonchev–Trinajstić information content (AvgIpc) is 2.46. The summed E-state index contributed by atoms with van der Waals surface area (Å²) in [7, 11) is 0. The van der Waals surface area contributed by atoms with Gasteiger partial charge in [-0.15, -0.1) is 0 Å². The molecule has 0 heterocycles. The fourth-order valence-corrected chi connectivity index (χ4v) is 4.06. The van der Waals surface area contributed by atoms with Crippen LogP contribution in [-0.4, -0.2) is 9.02 Å². The zero-order chi connectivity index (χ0) is 8.77. The van der Waals surface area contributed by atoms with Gasteiger partial charge in [0.15, 0.2) is 0 Å². The molecule has 0 amide bonds. The molecule has 12 heavy (non-hydrogen) atoms. The highest BCUT2D eigenvalue weighted by Crippen LogP contribution is 2.65. The normalized spacial score (nSPS) is 39.7. The van der Waals surface area contributed by atoms with Crippen LogP contribution in [0.25, 0.3) is 0 Å². The Morgan fingerprint density at radius 1 is 1.25 bits per heavy atom. The number of ketones is 1. The predicted octanol–water partition coefficient (Wildman–Crippen LogP) is 3.25. The minimum atomic E-state index is -0.0264. The summed E-state index contributed by atoms with van der Waals surface area (Å²) in [6.07, 6.45) is 5.60. The van der Waals surface area contributed by atoms with E-state index in [2.05, 4.69) is 31.9 Å². The lowest BCUT2D eigenvalue weighted by Crippen LogP contribution is -2.06. The zero-order valence-corrected chi connectivity index (χ0v) is 10.0. The van der Waals surface area contributed by atoms with Crippen molar-refractivity contribution in [3.05, 3.63) is 0 Å². The summed E-state index contributed by atoms with van der Waals surface area (Å²) in [4.78, 5) is 11.6. The molecule has 0 spiro atoms. The molecule has 0 aliphatic heterocycles. The van der Waals surface area contributed by atoms with Gasteiger partial charge in [0.1, 0.15) is 5.78 Å². The Morgan fingerprint density at radius 2 is 2.00 bits per heavy atom. The van der Waals surface area contributed by atoms with E-state index in [1.165, 1.54) is 19.3 Å². The van der Waals surface area contributed by atoms with E-state index in [-0.39, 0.29) is 9.15 Å². The number of hydrogen-bond acceptors (Lipinski definition) is 1. The molecule has 2 atom stereocenters. The molecule has 1 nitrogen and oxygen atoms in total. The van der Waals surface area contributed by atoms with Crippen molar-refractivity contribution in [3.63, 3.8) is 0 Å². The standard InChI is InChI=1S/C9H12Br2O/c10-9(11)6-4-2-1-3-5-7(12)8(6)9/h6,8H,1-5H2. The number of carbonyl (C=O) groups is 1. The molecule has 2 unspecified atom stereocenters. The summed E-state index contributed by atoms with van der Waals surface area (Å²) in [6.45, 7) is 0. The molecule has 0 N–H and O–H groups in total. The molecule has 2 rings (SSSR count). The van der Waals surface area contributed by atoms with Gasteiger partial charge in [-0.3, -0.25) is 4.79 Å². The number of alkyl halides is 2. The molecule has 2 aliphatic rings. The van der Waals surface area contributed by atoms with Crippen molar-refractivity contribution in [2.24, 2.45) is 11.8 Å². The molecule has 0 radical (unpaired) electrons. The Morgan fingerprint density at radius 3 is 2.75 bits per heavy atom. The van der Waals surface area contributed by atoms with Crippen molar-refractivity contribution in [2.45, 2.75) is 35.3 Å². The van der Waals surface area contributed by atoms with Crippen LogP contribution in [0, 0.1) is 11.8 Å². The second-order valence-electron chi connectivity index (χ2n) is 3.82. The van der Waals surface area contributed by atoms with Crippen LogP contribution in [0.4, 0.5) is 0 Å². The SMILES string of the molecule is O=C1CCCCCC2C1C2(Br)Br. The van der Waals surface area contributed by atoms with Crippen LogP contribution < -0.4 is 0 Å². The van der Waals surface area contributed by atoms with Crippen molar-refractivity contribution >= 4 is 37.6 Å². The molecule has 2 fully saturated rings. The maximum absolute atomic E-state index is 11.6. The van der Waals surface area contributed by atoms with Gasteiger partial charge >= 0.3 is 0 Å². The Kier molecular flexibility index (Phi) is 2.37. The Balaban J connectivity index is 2.09. The lowest BCUT2D eigenvalue weighted by atomic mass is 10.0. The van der Waals surface area contributed by atoms with Crippen LogP contribution in [0.1, 0.15) is 32.1 Å². The fraction of sp³-hybridized carbons (Fsp3) is 0.889. The van der Waals surface area contributed by atoms with Gasteiger partial charge < -0.3 is 0 Å². The Labute approximate surface area is 89.5 Å². The first-order valence-electron chi connectivity index (χ1n) is 4.54. The minimum absolute atomic E-state index is 0.0264. The minimum Gasteiger partial charge on any atom is -0.299 e. The quantitative estimate of drug-likeness (QED) is 0.627. The maximum Gasteiger partial charge on any atom is 0.138 e. The van der Waals surface area contributed by atoms with Gasteiger partial charge in [0.05, 0.1) is 3.23 Å². The van der Waals surface area contributed by atoms with Gasteiger partial charge in [0, 0.05) is 12.3 Å².